The molecule has 0 saturated carbocycles. The van der Waals surface area contributed by atoms with E-state index in [2.05, 4.69) is 10.2 Å². The van der Waals surface area contributed by atoms with Crippen LogP contribution in [0.5, 0.6) is 0 Å². The Kier molecular flexibility index (Phi) is 3.93. The predicted octanol–water partition coefficient (Wildman–Crippen LogP) is 0.262. The summed E-state index contributed by atoms with van der Waals surface area (Å²) in [6.07, 6.45) is 0. The summed E-state index contributed by atoms with van der Waals surface area (Å²) in [6.45, 7) is 3.66. The first-order valence-corrected chi connectivity index (χ1v) is 5.72. The van der Waals surface area contributed by atoms with Gasteiger partial charge in [0.1, 0.15) is 5.82 Å². The number of carboxylic acid groups (broad SMARTS) is 1. The Hall–Kier alpha value is -1.08. The van der Waals surface area contributed by atoms with Gasteiger partial charge in [-0.05, 0) is 0 Å². The Morgan fingerprint density at radius 1 is 1.50 bits per heavy atom. The van der Waals surface area contributed by atoms with Gasteiger partial charge in [-0.3, -0.25) is 4.79 Å². The Morgan fingerprint density at radius 2 is 2.12 bits per heavy atom. The van der Waals surface area contributed by atoms with E-state index in [-0.39, 0.29) is 12.4 Å². The van der Waals surface area contributed by atoms with Crippen LogP contribution in [0.25, 0.3) is 0 Å². The van der Waals surface area contributed by atoms with E-state index >= 15 is 0 Å². The molecule has 0 unspecified atom stereocenters. The summed E-state index contributed by atoms with van der Waals surface area (Å²) in [5.41, 5.74) is -0.482. The van der Waals surface area contributed by atoms with Crippen LogP contribution >= 0.6 is 11.8 Å². The summed E-state index contributed by atoms with van der Waals surface area (Å²) >= 11 is 1.11. The molecular formula is C9H15N3O3S. The average Bonchev–Trinajstić information content (AvgIpc) is 2.57. The van der Waals surface area contributed by atoms with Crippen LogP contribution in [0.3, 0.4) is 0 Å². The molecule has 0 fully saturated rings. The summed E-state index contributed by atoms with van der Waals surface area (Å²) in [5, 5.41) is 26.2. The lowest BCUT2D eigenvalue weighted by molar-refractivity contribution is -0.133. The number of rotatable bonds is 5. The van der Waals surface area contributed by atoms with Gasteiger partial charge < -0.3 is 14.8 Å². The molecule has 1 aromatic heterocycles. The Labute approximate surface area is 97.7 Å². The Balaban J connectivity index is 2.88. The molecule has 0 aromatic carbocycles. The molecule has 1 aromatic rings. The van der Waals surface area contributed by atoms with Crippen LogP contribution < -0.4 is 0 Å². The first-order chi connectivity index (χ1) is 7.38. The van der Waals surface area contributed by atoms with Gasteiger partial charge in [-0.25, -0.2) is 0 Å². The van der Waals surface area contributed by atoms with Crippen molar-refractivity contribution in [1.82, 2.24) is 14.8 Å². The predicted molar refractivity (Wildman–Crippen MR) is 59.5 cm³/mol. The minimum absolute atomic E-state index is 0.0391. The average molecular weight is 245 g/mol. The molecule has 16 heavy (non-hydrogen) atoms. The molecule has 6 nitrogen and oxygen atoms in total. The highest BCUT2D eigenvalue weighted by atomic mass is 32.2. The molecule has 0 aliphatic rings. The second-order valence-electron chi connectivity index (χ2n) is 4.09. The number of aliphatic hydroxyl groups excluding tert-OH is 1. The summed E-state index contributed by atoms with van der Waals surface area (Å²) in [6, 6.07) is 0. The lowest BCUT2D eigenvalue weighted by atomic mass is 9.94. The molecular weight excluding hydrogens is 230 g/mol. The van der Waals surface area contributed by atoms with Gasteiger partial charge in [0.2, 0.25) is 0 Å². The second kappa shape index (κ2) is 4.84. The van der Waals surface area contributed by atoms with Crippen molar-refractivity contribution in [2.45, 2.75) is 24.4 Å². The lowest BCUT2D eigenvalue weighted by Crippen LogP contribution is -2.26. The molecule has 0 aliphatic heterocycles. The van der Waals surface area contributed by atoms with Crippen LogP contribution in [-0.2, 0) is 17.3 Å². The smallest absolute Gasteiger partial charge is 0.313 e. The van der Waals surface area contributed by atoms with Crippen molar-refractivity contribution in [3.05, 3.63) is 5.82 Å². The summed E-state index contributed by atoms with van der Waals surface area (Å²) in [4.78, 5) is 10.4. The highest BCUT2D eigenvalue weighted by molar-refractivity contribution is 7.99. The van der Waals surface area contributed by atoms with Gasteiger partial charge in [-0.2, -0.15) is 0 Å². The molecule has 0 bridgehead atoms. The number of nitrogens with zero attached hydrogens (tertiary/aromatic N) is 3. The summed E-state index contributed by atoms with van der Waals surface area (Å²) in [5.74, 6) is -0.301. The van der Waals surface area contributed by atoms with Gasteiger partial charge in [0.05, 0.1) is 12.4 Å². The van der Waals surface area contributed by atoms with E-state index in [9.17, 15) is 9.90 Å². The summed E-state index contributed by atoms with van der Waals surface area (Å²) in [7, 11) is 1.76. The van der Waals surface area contributed by atoms with Gasteiger partial charge >= 0.3 is 5.97 Å². The first-order valence-electron chi connectivity index (χ1n) is 4.74. The maximum Gasteiger partial charge on any atom is 0.313 e. The van der Waals surface area contributed by atoms with Crippen LogP contribution in [0.15, 0.2) is 5.16 Å². The Morgan fingerprint density at radius 3 is 2.62 bits per heavy atom. The quantitative estimate of drug-likeness (QED) is 0.723. The van der Waals surface area contributed by atoms with Crippen LogP contribution in [0.1, 0.15) is 19.7 Å². The van der Waals surface area contributed by atoms with Crippen molar-refractivity contribution in [1.29, 1.82) is 0 Å². The van der Waals surface area contributed by atoms with Gasteiger partial charge in [0.25, 0.3) is 0 Å². The third kappa shape index (κ3) is 2.73. The normalized spacial score (nSPS) is 11.8. The molecule has 0 radical (unpaired) electrons. The molecule has 1 rings (SSSR count). The molecule has 90 valence electrons. The molecule has 7 heteroatoms. The maximum absolute atomic E-state index is 10.4. The van der Waals surface area contributed by atoms with Gasteiger partial charge in [0.15, 0.2) is 5.16 Å². The van der Waals surface area contributed by atoms with Crippen LogP contribution in [0.4, 0.5) is 0 Å². The molecule has 0 atom stereocenters. The number of aromatic nitrogens is 3. The minimum atomic E-state index is -0.893. The largest absolute Gasteiger partial charge is 0.481 e. The van der Waals surface area contributed by atoms with Crippen molar-refractivity contribution in [3.63, 3.8) is 0 Å². The zero-order valence-electron chi connectivity index (χ0n) is 9.47. The van der Waals surface area contributed by atoms with E-state index in [0.29, 0.717) is 11.0 Å². The van der Waals surface area contributed by atoms with E-state index in [4.69, 9.17) is 5.11 Å². The number of aliphatic hydroxyl groups is 1. The number of hydrogen-bond donors (Lipinski definition) is 2. The van der Waals surface area contributed by atoms with Crippen molar-refractivity contribution in [2.75, 3.05) is 12.4 Å². The zero-order chi connectivity index (χ0) is 12.3. The highest BCUT2D eigenvalue weighted by Gasteiger charge is 2.26. The van der Waals surface area contributed by atoms with E-state index in [1.807, 2.05) is 13.8 Å². The van der Waals surface area contributed by atoms with Crippen molar-refractivity contribution in [3.8, 4) is 0 Å². The standard InChI is InChI=1S/C9H15N3O3S/c1-9(2,5-13)7-10-11-8(12(7)3)16-4-6(14)15/h13H,4-5H2,1-3H3,(H,14,15). The van der Waals surface area contributed by atoms with Crippen molar-refractivity contribution in [2.24, 2.45) is 7.05 Å². The van der Waals surface area contributed by atoms with Crippen LogP contribution in [-0.4, -0.2) is 43.3 Å². The van der Waals surface area contributed by atoms with E-state index in [1.165, 1.54) is 0 Å². The fourth-order valence-corrected chi connectivity index (χ4v) is 1.86. The van der Waals surface area contributed by atoms with Crippen LogP contribution in [0, 0.1) is 0 Å². The number of carboxylic acids is 1. The monoisotopic (exact) mass is 245 g/mol. The minimum Gasteiger partial charge on any atom is -0.481 e. The highest BCUT2D eigenvalue weighted by Crippen LogP contribution is 2.24. The topological polar surface area (TPSA) is 88.2 Å². The van der Waals surface area contributed by atoms with Gasteiger partial charge in [-0.15, -0.1) is 10.2 Å². The molecule has 2 N–H and O–H groups in total. The molecule has 0 amide bonds. The number of thioether (sulfide) groups is 1. The fourth-order valence-electron chi connectivity index (χ4n) is 1.23. The van der Waals surface area contributed by atoms with Crippen LogP contribution in [0.2, 0.25) is 0 Å². The Bertz CT molecular complexity index is 389. The number of carbonyl (C=O) groups is 1. The summed E-state index contributed by atoms with van der Waals surface area (Å²) < 4.78 is 1.71. The zero-order valence-corrected chi connectivity index (χ0v) is 10.3. The molecule has 1 heterocycles. The van der Waals surface area contributed by atoms with E-state index in [0.717, 1.165) is 11.8 Å². The molecule has 0 aliphatic carbocycles. The lowest BCUT2D eigenvalue weighted by Gasteiger charge is -2.20. The van der Waals surface area contributed by atoms with Gasteiger partial charge in [-0.1, -0.05) is 25.6 Å². The second-order valence-corrected chi connectivity index (χ2v) is 5.03. The third-order valence-corrected chi connectivity index (χ3v) is 3.17. The van der Waals surface area contributed by atoms with Crippen molar-refractivity contribution < 1.29 is 15.0 Å². The third-order valence-electron chi connectivity index (χ3n) is 2.16. The fraction of sp³-hybridized carbons (Fsp3) is 0.667. The maximum atomic E-state index is 10.4. The molecule has 0 saturated heterocycles. The van der Waals surface area contributed by atoms with E-state index < -0.39 is 11.4 Å². The van der Waals surface area contributed by atoms with E-state index in [1.54, 1.807) is 11.6 Å². The number of hydrogen-bond acceptors (Lipinski definition) is 5. The number of aliphatic carboxylic acids is 1. The molecule has 0 spiro atoms. The first kappa shape index (κ1) is 13.0. The van der Waals surface area contributed by atoms with Gasteiger partial charge in [0, 0.05) is 12.5 Å². The van der Waals surface area contributed by atoms with Crippen molar-refractivity contribution >= 4 is 17.7 Å². The SMILES string of the molecule is Cn1c(SCC(=O)O)nnc1C(C)(C)CO.